The number of likely N-dealkylation sites (tertiary alicyclic amines) is 1. The Balaban J connectivity index is 1.35. The van der Waals surface area contributed by atoms with E-state index in [-0.39, 0.29) is 5.91 Å². The minimum Gasteiger partial charge on any atom is -0.351 e. The van der Waals surface area contributed by atoms with Gasteiger partial charge in [-0.25, -0.2) is 0 Å². The number of hydrogen-bond donors (Lipinski definition) is 1. The molecular weight excluding hydrogens is 340 g/mol. The molecule has 1 aliphatic heterocycles. The van der Waals surface area contributed by atoms with Crippen LogP contribution in [0.3, 0.4) is 0 Å². The average molecular weight is 369 g/mol. The Kier molecular flexibility index (Phi) is 7.59. The van der Waals surface area contributed by atoms with Gasteiger partial charge in [0.15, 0.2) is 0 Å². The van der Waals surface area contributed by atoms with Crippen molar-refractivity contribution in [1.82, 2.24) is 10.2 Å². The highest BCUT2D eigenvalue weighted by Gasteiger charge is 2.21. The maximum absolute atomic E-state index is 12.2. The molecule has 1 N–H and O–H groups in total. The largest absolute Gasteiger partial charge is 0.351 e. The number of aryl methyl sites for hydroxylation is 1. The van der Waals surface area contributed by atoms with Crippen LogP contribution in [0.25, 0.3) is 0 Å². The van der Waals surface area contributed by atoms with Crippen molar-refractivity contribution >= 4 is 17.7 Å². The molecule has 4 heteroatoms. The first-order valence-electron chi connectivity index (χ1n) is 9.53. The van der Waals surface area contributed by atoms with E-state index in [0.29, 0.717) is 11.8 Å². The van der Waals surface area contributed by atoms with E-state index < -0.39 is 0 Å². The van der Waals surface area contributed by atoms with Crippen molar-refractivity contribution in [3.8, 4) is 0 Å². The van der Waals surface area contributed by atoms with Gasteiger partial charge in [-0.05, 0) is 56.5 Å². The van der Waals surface area contributed by atoms with Crippen molar-refractivity contribution in [3.05, 3.63) is 66.2 Å². The van der Waals surface area contributed by atoms with E-state index in [1.807, 2.05) is 30.3 Å². The lowest BCUT2D eigenvalue weighted by Crippen LogP contribution is -2.48. The quantitative estimate of drug-likeness (QED) is 0.715. The molecule has 26 heavy (non-hydrogen) atoms. The number of nitrogens with one attached hydrogen (secondary N) is 1. The molecule has 3 nitrogen and oxygen atoms in total. The molecule has 0 bridgehead atoms. The lowest BCUT2D eigenvalue weighted by molar-refractivity contribution is -0.119. The number of hydrogen-bond acceptors (Lipinski definition) is 3. The molecule has 0 saturated carbocycles. The lowest BCUT2D eigenvalue weighted by atomic mass is 10.0. The fourth-order valence-electron chi connectivity index (χ4n) is 3.46. The van der Waals surface area contributed by atoms with Crippen LogP contribution in [0.1, 0.15) is 24.8 Å². The Morgan fingerprint density at radius 2 is 1.81 bits per heavy atom. The lowest BCUT2D eigenvalue weighted by Gasteiger charge is -2.33. The summed E-state index contributed by atoms with van der Waals surface area (Å²) in [5.41, 5.74) is 1.41. The standard InChI is InChI=1S/C22H28N2OS/c25-22(18-26-21-13-5-2-6-14-21)23-20-12-8-16-24(17-20)15-7-11-19-9-3-1-4-10-19/h1-6,9-10,13-14,20H,7-8,11-12,15-18H2,(H,23,25)/t20-/m0/s1. The molecule has 0 aliphatic carbocycles. The third-order valence-electron chi connectivity index (χ3n) is 4.77. The number of carbonyl (C=O) groups is 1. The Morgan fingerprint density at radius 1 is 1.08 bits per heavy atom. The summed E-state index contributed by atoms with van der Waals surface area (Å²) in [6, 6.07) is 21.1. The molecule has 0 unspecified atom stereocenters. The van der Waals surface area contributed by atoms with Crippen LogP contribution in [0.4, 0.5) is 0 Å². The molecule has 1 amide bonds. The van der Waals surface area contributed by atoms with E-state index in [1.165, 1.54) is 18.4 Å². The second kappa shape index (κ2) is 10.4. The van der Waals surface area contributed by atoms with Gasteiger partial charge >= 0.3 is 0 Å². The molecule has 1 aliphatic rings. The number of piperidine rings is 1. The number of nitrogens with zero attached hydrogens (tertiary/aromatic N) is 1. The van der Waals surface area contributed by atoms with Gasteiger partial charge in [0.05, 0.1) is 5.75 Å². The second-order valence-corrected chi connectivity index (χ2v) is 7.95. The molecule has 2 aromatic carbocycles. The SMILES string of the molecule is O=C(CSc1ccccc1)N[C@H]1CCCN(CCCc2ccccc2)C1. The molecule has 3 rings (SSSR count). The van der Waals surface area contributed by atoms with Gasteiger partial charge in [0.25, 0.3) is 0 Å². The Labute approximate surface area is 161 Å². The van der Waals surface area contributed by atoms with Crippen LogP contribution in [0.5, 0.6) is 0 Å². The summed E-state index contributed by atoms with van der Waals surface area (Å²) in [6.07, 6.45) is 4.57. The first-order valence-corrected chi connectivity index (χ1v) is 10.5. The monoisotopic (exact) mass is 368 g/mol. The summed E-state index contributed by atoms with van der Waals surface area (Å²) >= 11 is 1.60. The van der Waals surface area contributed by atoms with E-state index in [1.54, 1.807) is 11.8 Å². The summed E-state index contributed by atoms with van der Waals surface area (Å²) in [4.78, 5) is 15.9. The first kappa shape index (κ1) is 19.0. The zero-order valence-corrected chi connectivity index (χ0v) is 16.1. The van der Waals surface area contributed by atoms with E-state index >= 15 is 0 Å². The van der Waals surface area contributed by atoms with E-state index in [0.717, 1.165) is 37.4 Å². The summed E-state index contributed by atoms with van der Waals surface area (Å²) in [5, 5.41) is 3.23. The highest BCUT2D eigenvalue weighted by atomic mass is 32.2. The second-order valence-electron chi connectivity index (χ2n) is 6.90. The van der Waals surface area contributed by atoms with Crippen LogP contribution in [-0.2, 0) is 11.2 Å². The van der Waals surface area contributed by atoms with Crippen LogP contribution < -0.4 is 5.32 Å². The summed E-state index contributed by atoms with van der Waals surface area (Å²) in [7, 11) is 0. The molecule has 0 spiro atoms. The van der Waals surface area contributed by atoms with Crippen LogP contribution in [-0.4, -0.2) is 42.2 Å². The van der Waals surface area contributed by atoms with Crippen LogP contribution in [0, 0.1) is 0 Å². The molecule has 0 aromatic heterocycles. The molecule has 1 atom stereocenters. The van der Waals surface area contributed by atoms with Crippen molar-refractivity contribution in [2.45, 2.75) is 36.6 Å². The van der Waals surface area contributed by atoms with Crippen molar-refractivity contribution in [3.63, 3.8) is 0 Å². The first-order chi connectivity index (χ1) is 12.8. The van der Waals surface area contributed by atoms with Gasteiger partial charge in [-0.2, -0.15) is 0 Å². The minimum absolute atomic E-state index is 0.148. The van der Waals surface area contributed by atoms with Gasteiger partial charge in [-0.1, -0.05) is 48.5 Å². The average Bonchev–Trinajstić information content (AvgIpc) is 2.68. The van der Waals surface area contributed by atoms with E-state index in [2.05, 4.69) is 40.5 Å². The molecular formula is C22H28N2OS. The molecule has 0 radical (unpaired) electrons. The highest BCUT2D eigenvalue weighted by molar-refractivity contribution is 8.00. The van der Waals surface area contributed by atoms with Crippen LogP contribution >= 0.6 is 11.8 Å². The Hall–Kier alpha value is -1.78. The highest BCUT2D eigenvalue weighted by Crippen LogP contribution is 2.17. The molecule has 1 fully saturated rings. The predicted molar refractivity (Wildman–Crippen MR) is 110 cm³/mol. The Morgan fingerprint density at radius 3 is 2.58 bits per heavy atom. The van der Waals surface area contributed by atoms with Gasteiger partial charge in [-0.3, -0.25) is 4.79 Å². The van der Waals surface area contributed by atoms with Crippen molar-refractivity contribution in [2.75, 3.05) is 25.4 Å². The van der Waals surface area contributed by atoms with Crippen molar-refractivity contribution in [1.29, 1.82) is 0 Å². The van der Waals surface area contributed by atoms with Crippen LogP contribution in [0.15, 0.2) is 65.6 Å². The zero-order chi connectivity index (χ0) is 18.0. The summed E-state index contributed by atoms with van der Waals surface area (Å²) < 4.78 is 0. The number of amides is 1. The topological polar surface area (TPSA) is 32.3 Å². The van der Waals surface area contributed by atoms with E-state index in [9.17, 15) is 4.79 Å². The van der Waals surface area contributed by atoms with Crippen molar-refractivity contribution in [2.24, 2.45) is 0 Å². The van der Waals surface area contributed by atoms with Gasteiger partial charge < -0.3 is 10.2 Å². The zero-order valence-electron chi connectivity index (χ0n) is 15.3. The number of carbonyl (C=O) groups excluding carboxylic acids is 1. The Bertz CT molecular complexity index is 662. The molecule has 138 valence electrons. The van der Waals surface area contributed by atoms with Gasteiger partial charge in [0.2, 0.25) is 5.91 Å². The third kappa shape index (κ3) is 6.50. The van der Waals surface area contributed by atoms with Gasteiger partial charge in [0.1, 0.15) is 0 Å². The number of rotatable bonds is 8. The third-order valence-corrected chi connectivity index (χ3v) is 5.78. The maximum Gasteiger partial charge on any atom is 0.230 e. The summed E-state index contributed by atoms with van der Waals surface area (Å²) in [5.74, 6) is 0.643. The molecule has 1 heterocycles. The minimum atomic E-state index is 0.148. The number of thioether (sulfide) groups is 1. The fourth-order valence-corrected chi connectivity index (χ4v) is 4.19. The van der Waals surface area contributed by atoms with E-state index in [4.69, 9.17) is 0 Å². The van der Waals surface area contributed by atoms with Gasteiger partial charge in [0, 0.05) is 17.5 Å². The van der Waals surface area contributed by atoms with Crippen LogP contribution in [0.2, 0.25) is 0 Å². The van der Waals surface area contributed by atoms with Gasteiger partial charge in [-0.15, -0.1) is 11.8 Å². The maximum atomic E-state index is 12.2. The normalized spacial score (nSPS) is 17.8. The molecule has 1 saturated heterocycles. The fraction of sp³-hybridized carbons (Fsp3) is 0.409. The molecule has 2 aromatic rings. The smallest absolute Gasteiger partial charge is 0.230 e. The summed E-state index contributed by atoms with van der Waals surface area (Å²) in [6.45, 7) is 3.25. The number of benzene rings is 2. The van der Waals surface area contributed by atoms with Crippen molar-refractivity contribution < 1.29 is 4.79 Å². The predicted octanol–water partition coefficient (Wildman–Crippen LogP) is 3.99.